The molecule has 1 amide bonds. The summed E-state index contributed by atoms with van der Waals surface area (Å²) < 4.78 is 5.05. The van der Waals surface area contributed by atoms with Gasteiger partial charge in [-0.1, -0.05) is 12.1 Å². The molecular formula is C12H12N2O4S. The third-order valence-corrected chi connectivity index (χ3v) is 2.71. The Labute approximate surface area is 114 Å². The molecule has 0 heterocycles. The Kier molecular flexibility index (Phi) is 6.26. The highest BCUT2D eigenvalue weighted by Crippen LogP contribution is 2.23. The molecule has 0 aliphatic rings. The summed E-state index contributed by atoms with van der Waals surface area (Å²) >= 11 is 1.20. The topological polar surface area (TPSA) is 99.4 Å². The number of carbonyl (C=O) groups is 2. The van der Waals surface area contributed by atoms with E-state index in [9.17, 15) is 9.59 Å². The van der Waals surface area contributed by atoms with E-state index in [0.29, 0.717) is 11.4 Å². The number of nitrogens with zero attached hydrogens (tertiary/aromatic N) is 1. The molecule has 0 atom stereocenters. The molecule has 0 saturated carbocycles. The Bertz CT molecular complexity index is 499. The van der Waals surface area contributed by atoms with Gasteiger partial charge in [-0.2, -0.15) is 5.26 Å². The number of rotatable bonds is 7. The molecule has 0 aromatic heterocycles. The molecule has 0 saturated heterocycles. The van der Waals surface area contributed by atoms with Crippen LogP contribution in [0.4, 0.5) is 5.69 Å². The van der Waals surface area contributed by atoms with Crippen molar-refractivity contribution in [2.24, 2.45) is 0 Å². The van der Waals surface area contributed by atoms with E-state index < -0.39 is 12.6 Å². The molecular weight excluding hydrogens is 268 g/mol. The monoisotopic (exact) mass is 280 g/mol. The van der Waals surface area contributed by atoms with Crippen molar-refractivity contribution in [1.29, 1.82) is 5.26 Å². The van der Waals surface area contributed by atoms with E-state index in [0.717, 1.165) is 0 Å². The number of para-hydroxylation sites is 2. The maximum atomic E-state index is 11.6. The van der Waals surface area contributed by atoms with Crippen LogP contribution in [0.15, 0.2) is 24.3 Å². The standard InChI is InChI=1S/C12H12N2O4S/c13-5-6-19-8-11(15)14-9-3-1-2-4-10(9)18-7-12(16)17/h1-4H,6-8H2,(H,14,15)(H,16,17). The van der Waals surface area contributed by atoms with E-state index in [1.807, 2.05) is 6.07 Å². The Morgan fingerprint density at radius 2 is 2.16 bits per heavy atom. The minimum atomic E-state index is -1.09. The third-order valence-electron chi connectivity index (χ3n) is 1.91. The second-order valence-corrected chi connectivity index (χ2v) is 4.36. The first-order valence-electron chi connectivity index (χ1n) is 5.31. The van der Waals surface area contributed by atoms with Crippen LogP contribution in [0.2, 0.25) is 0 Å². The number of benzene rings is 1. The predicted octanol–water partition coefficient (Wildman–Crippen LogP) is 1.35. The van der Waals surface area contributed by atoms with E-state index in [4.69, 9.17) is 15.1 Å². The molecule has 0 unspecified atom stereocenters. The Morgan fingerprint density at radius 1 is 1.42 bits per heavy atom. The molecule has 0 radical (unpaired) electrons. The van der Waals surface area contributed by atoms with E-state index in [2.05, 4.69) is 5.32 Å². The molecule has 0 aliphatic carbocycles. The van der Waals surface area contributed by atoms with Crippen LogP contribution in [0.1, 0.15) is 0 Å². The number of carboxylic acid groups (broad SMARTS) is 1. The SMILES string of the molecule is N#CCSCC(=O)Nc1ccccc1OCC(=O)O. The second kappa shape index (κ2) is 8.00. The van der Waals surface area contributed by atoms with Crippen LogP contribution in [0, 0.1) is 11.3 Å². The third kappa shape index (κ3) is 5.79. The van der Waals surface area contributed by atoms with Gasteiger partial charge in [0, 0.05) is 0 Å². The normalized spacial score (nSPS) is 9.42. The molecule has 0 spiro atoms. The number of anilines is 1. The quantitative estimate of drug-likeness (QED) is 0.731. The Balaban J connectivity index is 2.59. The summed E-state index contributed by atoms with van der Waals surface area (Å²) in [6.45, 7) is -0.476. The number of nitriles is 1. The Morgan fingerprint density at radius 3 is 2.84 bits per heavy atom. The van der Waals surface area contributed by atoms with Gasteiger partial charge in [0.1, 0.15) is 5.75 Å². The Hall–Kier alpha value is -2.20. The zero-order chi connectivity index (χ0) is 14.1. The molecule has 100 valence electrons. The van der Waals surface area contributed by atoms with Crippen molar-refractivity contribution in [3.63, 3.8) is 0 Å². The summed E-state index contributed by atoms with van der Waals surface area (Å²) in [6, 6.07) is 8.49. The van der Waals surface area contributed by atoms with Crippen molar-refractivity contribution in [3.8, 4) is 11.8 Å². The molecule has 6 nitrogen and oxygen atoms in total. The lowest BCUT2D eigenvalue weighted by Crippen LogP contribution is -2.16. The van der Waals surface area contributed by atoms with E-state index >= 15 is 0 Å². The number of amides is 1. The summed E-state index contributed by atoms with van der Waals surface area (Å²) in [5.41, 5.74) is 0.409. The van der Waals surface area contributed by atoms with Crippen LogP contribution in [-0.2, 0) is 9.59 Å². The van der Waals surface area contributed by atoms with E-state index in [1.165, 1.54) is 11.8 Å². The van der Waals surface area contributed by atoms with Gasteiger partial charge in [-0.15, -0.1) is 11.8 Å². The summed E-state index contributed by atoms with van der Waals surface area (Å²) in [5.74, 6) is -0.674. The number of aliphatic carboxylic acids is 1. The number of carbonyl (C=O) groups excluding carboxylic acids is 1. The number of ether oxygens (including phenoxy) is 1. The molecule has 2 N–H and O–H groups in total. The highest BCUT2D eigenvalue weighted by atomic mass is 32.2. The lowest BCUT2D eigenvalue weighted by Gasteiger charge is -2.10. The highest BCUT2D eigenvalue weighted by Gasteiger charge is 2.08. The highest BCUT2D eigenvalue weighted by molar-refractivity contribution is 8.00. The van der Waals surface area contributed by atoms with E-state index in [-0.39, 0.29) is 17.4 Å². The zero-order valence-corrected chi connectivity index (χ0v) is 10.8. The largest absolute Gasteiger partial charge is 0.480 e. The van der Waals surface area contributed by atoms with Gasteiger partial charge in [-0.25, -0.2) is 4.79 Å². The maximum Gasteiger partial charge on any atom is 0.341 e. The molecule has 0 bridgehead atoms. The number of hydrogen-bond donors (Lipinski definition) is 2. The van der Waals surface area contributed by atoms with Gasteiger partial charge in [-0.3, -0.25) is 4.79 Å². The number of nitrogens with one attached hydrogen (secondary N) is 1. The number of carboxylic acids is 1. The molecule has 7 heteroatoms. The molecule has 0 aliphatic heterocycles. The smallest absolute Gasteiger partial charge is 0.341 e. The van der Waals surface area contributed by atoms with Crippen molar-refractivity contribution >= 4 is 29.3 Å². The minimum absolute atomic E-state index is 0.154. The molecule has 0 fully saturated rings. The molecule has 19 heavy (non-hydrogen) atoms. The van der Waals surface area contributed by atoms with E-state index in [1.54, 1.807) is 24.3 Å². The van der Waals surface area contributed by atoms with Gasteiger partial charge in [0.25, 0.3) is 0 Å². The first-order valence-corrected chi connectivity index (χ1v) is 6.47. The number of hydrogen-bond acceptors (Lipinski definition) is 5. The summed E-state index contributed by atoms with van der Waals surface area (Å²) in [5, 5.41) is 19.5. The maximum absolute atomic E-state index is 11.6. The van der Waals surface area contributed by atoms with Gasteiger partial charge in [0.05, 0.1) is 23.3 Å². The van der Waals surface area contributed by atoms with Gasteiger partial charge >= 0.3 is 5.97 Å². The average Bonchev–Trinajstić information content (AvgIpc) is 2.38. The summed E-state index contributed by atoms with van der Waals surface area (Å²) in [6.07, 6.45) is 0. The molecule has 1 aromatic carbocycles. The average molecular weight is 280 g/mol. The predicted molar refractivity (Wildman–Crippen MR) is 71.1 cm³/mol. The second-order valence-electron chi connectivity index (χ2n) is 3.38. The molecule has 1 rings (SSSR count). The summed E-state index contributed by atoms with van der Waals surface area (Å²) in [4.78, 5) is 22.0. The van der Waals surface area contributed by atoms with Crippen LogP contribution in [0.3, 0.4) is 0 Å². The molecule has 1 aromatic rings. The fourth-order valence-electron chi connectivity index (χ4n) is 1.21. The van der Waals surface area contributed by atoms with Crippen molar-refractivity contribution in [3.05, 3.63) is 24.3 Å². The van der Waals surface area contributed by atoms with Crippen LogP contribution >= 0.6 is 11.8 Å². The van der Waals surface area contributed by atoms with Crippen LogP contribution in [-0.4, -0.2) is 35.1 Å². The first-order chi connectivity index (χ1) is 9.13. The first kappa shape index (κ1) is 14.9. The van der Waals surface area contributed by atoms with Gasteiger partial charge < -0.3 is 15.2 Å². The van der Waals surface area contributed by atoms with Crippen molar-refractivity contribution in [1.82, 2.24) is 0 Å². The van der Waals surface area contributed by atoms with Crippen LogP contribution in [0.25, 0.3) is 0 Å². The van der Waals surface area contributed by atoms with Gasteiger partial charge in [0.2, 0.25) is 5.91 Å². The van der Waals surface area contributed by atoms with Crippen molar-refractivity contribution < 1.29 is 19.4 Å². The van der Waals surface area contributed by atoms with Crippen molar-refractivity contribution in [2.75, 3.05) is 23.4 Å². The zero-order valence-electron chi connectivity index (χ0n) is 9.96. The fourth-order valence-corrected chi connectivity index (χ4v) is 1.66. The number of thioether (sulfide) groups is 1. The van der Waals surface area contributed by atoms with Gasteiger partial charge in [-0.05, 0) is 12.1 Å². The van der Waals surface area contributed by atoms with Crippen LogP contribution < -0.4 is 10.1 Å². The lowest BCUT2D eigenvalue weighted by molar-refractivity contribution is -0.139. The van der Waals surface area contributed by atoms with Gasteiger partial charge in [0.15, 0.2) is 6.61 Å². The van der Waals surface area contributed by atoms with Crippen molar-refractivity contribution in [2.45, 2.75) is 0 Å². The summed E-state index contributed by atoms with van der Waals surface area (Å²) in [7, 11) is 0. The minimum Gasteiger partial charge on any atom is -0.480 e. The lowest BCUT2D eigenvalue weighted by atomic mass is 10.3. The van der Waals surface area contributed by atoms with Crippen LogP contribution in [0.5, 0.6) is 5.75 Å². The fraction of sp³-hybridized carbons (Fsp3) is 0.250.